The van der Waals surface area contributed by atoms with Crippen molar-refractivity contribution in [1.82, 2.24) is 15.1 Å². The van der Waals surface area contributed by atoms with Crippen molar-refractivity contribution in [1.29, 1.82) is 0 Å². The van der Waals surface area contributed by atoms with Crippen LogP contribution in [0.3, 0.4) is 0 Å². The summed E-state index contributed by atoms with van der Waals surface area (Å²) in [5, 5.41) is 2.81. The Morgan fingerprint density at radius 2 is 1.66 bits per heavy atom. The number of hydrogen-bond donors (Lipinski definition) is 1. The molecule has 0 unspecified atom stereocenters. The van der Waals surface area contributed by atoms with Gasteiger partial charge < -0.3 is 19.7 Å². The number of carbonyl (C=O) groups is 2. The maximum absolute atomic E-state index is 12.4. The van der Waals surface area contributed by atoms with E-state index in [1.54, 1.807) is 4.90 Å². The summed E-state index contributed by atoms with van der Waals surface area (Å²) in [5.41, 5.74) is 2.18. The van der Waals surface area contributed by atoms with Crippen LogP contribution in [0.15, 0.2) is 48.5 Å². The average molecular weight is 395 g/mol. The first-order valence-corrected chi connectivity index (χ1v) is 9.87. The molecule has 152 valence electrons. The first-order chi connectivity index (χ1) is 14.2. The number of carbonyl (C=O) groups excluding carboxylic acids is 2. The van der Waals surface area contributed by atoms with Crippen LogP contribution < -0.4 is 14.8 Å². The van der Waals surface area contributed by atoms with Crippen molar-refractivity contribution in [2.45, 2.75) is 19.5 Å². The Kier molecular flexibility index (Phi) is 5.95. The van der Waals surface area contributed by atoms with E-state index in [-0.39, 0.29) is 25.0 Å². The van der Waals surface area contributed by atoms with Crippen LogP contribution in [-0.4, -0.2) is 54.6 Å². The molecule has 29 heavy (non-hydrogen) atoms. The maximum atomic E-state index is 12.4. The predicted octanol–water partition coefficient (Wildman–Crippen LogP) is 1.77. The number of piperazine rings is 1. The molecule has 7 nitrogen and oxygen atoms in total. The van der Waals surface area contributed by atoms with Crippen molar-refractivity contribution in [2.75, 3.05) is 33.0 Å². The van der Waals surface area contributed by atoms with Gasteiger partial charge in [-0.3, -0.25) is 14.5 Å². The number of rotatable bonds is 6. The summed E-state index contributed by atoms with van der Waals surface area (Å²) < 4.78 is 10.6. The summed E-state index contributed by atoms with van der Waals surface area (Å²) in [6.45, 7) is 4.41. The molecular formula is C22H25N3O4. The van der Waals surface area contributed by atoms with E-state index in [0.717, 1.165) is 25.2 Å². The Bertz CT molecular complexity index is 864. The van der Waals surface area contributed by atoms with E-state index >= 15 is 0 Å². The second-order valence-electron chi connectivity index (χ2n) is 7.28. The number of fused-ring (bicyclic) bond motifs is 1. The first-order valence-electron chi connectivity index (χ1n) is 9.87. The second kappa shape index (κ2) is 8.96. The number of hydrogen-bond acceptors (Lipinski definition) is 5. The Balaban J connectivity index is 1.19. The molecule has 4 rings (SSSR count). The fourth-order valence-electron chi connectivity index (χ4n) is 3.56. The molecule has 2 aromatic rings. The number of nitrogens with one attached hydrogen (secondary N) is 1. The zero-order chi connectivity index (χ0) is 20.1. The Morgan fingerprint density at radius 1 is 0.897 bits per heavy atom. The fourth-order valence-corrected chi connectivity index (χ4v) is 3.56. The van der Waals surface area contributed by atoms with E-state index in [2.05, 4.69) is 22.3 Å². The molecule has 2 amide bonds. The van der Waals surface area contributed by atoms with Gasteiger partial charge in [0.1, 0.15) is 6.42 Å². The standard InChI is InChI=1S/C22H25N3O4/c26-21(23-14-18-6-7-19-20(12-18)29-16-28-19)13-22(27)25-10-8-24(9-11-25)15-17-4-2-1-3-5-17/h1-7,12H,8-11,13-16H2,(H,23,26). The van der Waals surface area contributed by atoms with Crippen molar-refractivity contribution < 1.29 is 19.1 Å². The van der Waals surface area contributed by atoms with E-state index < -0.39 is 0 Å². The van der Waals surface area contributed by atoms with Gasteiger partial charge in [0.25, 0.3) is 0 Å². The minimum absolute atomic E-state index is 0.118. The minimum atomic E-state index is -0.264. The second-order valence-corrected chi connectivity index (χ2v) is 7.28. The fraction of sp³-hybridized carbons (Fsp3) is 0.364. The molecular weight excluding hydrogens is 370 g/mol. The summed E-state index contributed by atoms with van der Waals surface area (Å²) in [7, 11) is 0. The molecule has 2 aliphatic rings. The highest BCUT2D eigenvalue weighted by Crippen LogP contribution is 2.32. The Hall–Kier alpha value is -3.06. The number of amides is 2. The van der Waals surface area contributed by atoms with E-state index in [1.165, 1.54) is 5.56 Å². The smallest absolute Gasteiger partial charge is 0.232 e. The third-order valence-corrected chi connectivity index (χ3v) is 5.21. The Morgan fingerprint density at radius 3 is 2.45 bits per heavy atom. The highest BCUT2D eigenvalue weighted by Gasteiger charge is 2.23. The summed E-state index contributed by atoms with van der Waals surface area (Å²) in [6, 6.07) is 15.9. The summed E-state index contributed by atoms with van der Waals surface area (Å²) in [6.07, 6.45) is -0.122. The van der Waals surface area contributed by atoms with E-state index in [9.17, 15) is 9.59 Å². The lowest BCUT2D eigenvalue weighted by Crippen LogP contribution is -2.49. The van der Waals surface area contributed by atoms with Gasteiger partial charge >= 0.3 is 0 Å². The van der Waals surface area contributed by atoms with Gasteiger partial charge in [-0.1, -0.05) is 36.4 Å². The van der Waals surface area contributed by atoms with E-state index in [1.807, 2.05) is 36.4 Å². The third kappa shape index (κ3) is 5.06. The largest absolute Gasteiger partial charge is 0.454 e. The monoisotopic (exact) mass is 395 g/mol. The number of benzene rings is 2. The van der Waals surface area contributed by atoms with Crippen molar-refractivity contribution >= 4 is 11.8 Å². The zero-order valence-corrected chi connectivity index (χ0v) is 16.3. The maximum Gasteiger partial charge on any atom is 0.232 e. The zero-order valence-electron chi connectivity index (χ0n) is 16.3. The van der Waals surface area contributed by atoms with Gasteiger partial charge in [0.15, 0.2) is 11.5 Å². The van der Waals surface area contributed by atoms with Gasteiger partial charge in [-0.05, 0) is 23.3 Å². The molecule has 0 radical (unpaired) electrons. The lowest BCUT2D eigenvalue weighted by molar-refractivity contribution is -0.137. The van der Waals surface area contributed by atoms with Gasteiger partial charge in [-0.25, -0.2) is 0 Å². The first kappa shape index (κ1) is 19.3. The van der Waals surface area contributed by atoms with Crippen molar-refractivity contribution in [3.05, 3.63) is 59.7 Å². The predicted molar refractivity (Wildman–Crippen MR) is 107 cm³/mol. The number of nitrogens with zero attached hydrogens (tertiary/aromatic N) is 2. The molecule has 0 aliphatic carbocycles. The van der Waals surface area contributed by atoms with Gasteiger partial charge in [0, 0.05) is 39.3 Å². The minimum Gasteiger partial charge on any atom is -0.454 e. The van der Waals surface area contributed by atoms with Crippen LogP contribution in [0, 0.1) is 0 Å². The topological polar surface area (TPSA) is 71.1 Å². The van der Waals surface area contributed by atoms with Crippen molar-refractivity contribution in [3.63, 3.8) is 0 Å². The molecule has 0 spiro atoms. The van der Waals surface area contributed by atoms with E-state index in [0.29, 0.717) is 31.1 Å². The van der Waals surface area contributed by atoms with Crippen LogP contribution in [0.4, 0.5) is 0 Å². The van der Waals surface area contributed by atoms with Crippen LogP contribution in [0.2, 0.25) is 0 Å². The molecule has 1 fully saturated rings. The average Bonchev–Trinajstić information content (AvgIpc) is 3.21. The molecule has 1 saturated heterocycles. The van der Waals surface area contributed by atoms with Gasteiger partial charge in [-0.15, -0.1) is 0 Å². The lowest BCUT2D eigenvalue weighted by atomic mass is 10.2. The summed E-state index contributed by atoms with van der Waals surface area (Å²) >= 11 is 0. The molecule has 0 aromatic heterocycles. The van der Waals surface area contributed by atoms with Crippen LogP contribution in [0.25, 0.3) is 0 Å². The van der Waals surface area contributed by atoms with Crippen molar-refractivity contribution in [2.24, 2.45) is 0 Å². The molecule has 0 bridgehead atoms. The van der Waals surface area contributed by atoms with E-state index in [4.69, 9.17) is 9.47 Å². The molecule has 2 heterocycles. The van der Waals surface area contributed by atoms with Crippen LogP contribution in [0.5, 0.6) is 11.5 Å². The van der Waals surface area contributed by atoms with Gasteiger partial charge in [0.2, 0.25) is 18.6 Å². The molecule has 2 aliphatic heterocycles. The van der Waals surface area contributed by atoms with Gasteiger partial charge in [0.05, 0.1) is 0 Å². The molecule has 0 saturated carbocycles. The molecule has 2 aromatic carbocycles. The summed E-state index contributed by atoms with van der Waals surface area (Å²) in [5.74, 6) is 1.01. The number of ether oxygens (including phenoxy) is 2. The highest BCUT2D eigenvalue weighted by molar-refractivity contribution is 5.96. The third-order valence-electron chi connectivity index (χ3n) is 5.21. The van der Waals surface area contributed by atoms with Crippen LogP contribution in [-0.2, 0) is 22.7 Å². The Labute approximate surface area is 170 Å². The SMILES string of the molecule is O=C(CC(=O)N1CCN(Cc2ccccc2)CC1)NCc1ccc2c(c1)OCO2. The highest BCUT2D eigenvalue weighted by atomic mass is 16.7. The molecule has 1 N–H and O–H groups in total. The van der Waals surface area contributed by atoms with Crippen LogP contribution >= 0.6 is 0 Å². The van der Waals surface area contributed by atoms with Crippen molar-refractivity contribution in [3.8, 4) is 11.5 Å². The normalized spacial score (nSPS) is 15.9. The van der Waals surface area contributed by atoms with Gasteiger partial charge in [-0.2, -0.15) is 0 Å². The molecule has 0 atom stereocenters. The molecule has 7 heteroatoms. The van der Waals surface area contributed by atoms with Crippen LogP contribution in [0.1, 0.15) is 17.5 Å². The quantitative estimate of drug-likeness (QED) is 0.755. The lowest BCUT2D eigenvalue weighted by Gasteiger charge is -2.34. The summed E-state index contributed by atoms with van der Waals surface area (Å²) in [4.78, 5) is 28.7.